The van der Waals surface area contributed by atoms with E-state index in [0.29, 0.717) is 28.6 Å². The Balaban J connectivity index is 2.61. The molecule has 0 saturated heterocycles. The van der Waals surface area contributed by atoms with Crippen LogP contribution in [0.5, 0.6) is 5.75 Å². The van der Waals surface area contributed by atoms with E-state index >= 15 is 0 Å². The van der Waals surface area contributed by atoms with Crippen molar-refractivity contribution in [3.05, 3.63) is 46.7 Å². The molecule has 1 aromatic heterocycles. The number of aryl methyl sites for hydroxylation is 1. The summed E-state index contributed by atoms with van der Waals surface area (Å²) in [6, 6.07) is 7.34. The van der Waals surface area contributed by atoms with Gasteiger partial charge >= 0.3 is 0 Å². The number of rotatable bonds is 4. The van der Waals surface area contributed by atoms with Gasteiger partial charge in [-0.25, -0.2) is 0 Å². The Kier molecular flexibility index (Phi) is 3.83. The van der Waals surface area contributed by atoms with Gasteiger partial charge in [-0.15, -0.1) is 0 Å². The minimum atomic E-state index is -1.27. The van der Waals surface area contributed by atoms with Gasteiger partial charge in [-0.1, -0.05) is 29.8 Å². The summed E-state index contributed by atoms with van der Waals surface area (Å²) in [4.78, 5) is 0. The summed E-state index contributed by atoms with van der Waals surface area (Å²) in [5, 5.41) is 15.5. The second-order valence-electron chi connectivity index (χ2n) is 4.43. The molecule has 19 heavy (non-hydrogen) atoms. The first-order valence-electron chi connectivity index (χ1n) is 6.10. The van der Waals surface area contributed by atoms with Crippen LogP contribution < -0.4 is 4.74 Å². The van der Waals surface area contributed by atoms with Crippen LogP contribution in [0.3, 0.4) is 0 Å². The van der Waals surface area contributed by atoms with E-state index in [1.165, 1.54) is 0 Å². The fourth-order valence-corrected chi connectivity index (χ4v) is 2.59. The highest BCUT2D eigenvalue weighted by molar-refractivity contribution is 6.31. The Morgan fingerprint density at radius 3 is 2.74 bits per heavy atom. The maximum atomic E-state index is 10.9. The number of aliphatic hydroxyl groups is 1. The molecular weight excluding hydrogens is 264 g/mol. The summed E-state index contributed by atoms with van der Waals surface area (Å²) in [6.07, 6.45) is 1.55. The summed E-state index contributed by atoms with van der Waals surface area (Å²) in [5.74, 6) is 0.618. The molecule has 0 saturated carbocycles. The number of methoxy groups -OCH3 is 1. The SMILES string of the molecule is CCn1ncc(Cl)c1C(C)(O)c1ccccc1OC. The lowest BCUT2D eigenvalue weighted by molar-refractivity contribution is 0.0888. The fourth-order valence-electron chi connectivity index (χ4n) is 2.26. The molecule has 0 radical (unpaired) electrons. The molecule has 1 aromatic carbocycles. The summed E-state index contributed by atoms with van der Waals surface area (Å²) >= 11 is 6.17. The number of hydrogen-bond donors (Lipinski definition) is 1. The zero-order chi connectivity index (χ0) is 14.0. The average Bonchev–Trinajstić information content (AvgIpc) is 2.80. The standard InChI is InChI=1S/C14H17ClN2O2/c1-4-17-13(11(15)9-16-17)14(2,18)10-7-5-6-8-12(10)19-3/h5-9,18H,4H2,1-3H3. The van der Waals surface area contributed by atoms with E-state index in [0.717, 1.165) is 0 Å². The van der Waals surface area contributed by atoms with Crippen LogP contribution in [0.25, 0.3) is 0 Å². The molecule has 2 aromatic rings. The Hall–Kier alpha value is -1.52. The quantitative estimate of drug-likeness (QED) is 0.937. The highest BCUT2D eigenvalue weighted by Gasteiger charge is 2.34. The van der Waals surface area contributed by atoms with Crippen molar-refractivity contribution in [3.8, 4) is 5.75 Å². The van der Waals surface area contributed by atoms with Crippen LogP contribution in [-0.4, -0.2) is 22.0 Å². The molecule has 0 spiro atoms. The third-order valence-electron chi connectivity index (χ3n) is 3.19. The largest absolute Gasteiger partial charge is 0.496 e. The van der Waals surface area contributed by atoms with Gasteiger partial charge in [0.2, 0.25) is 0 Å². The van der Waals surface area contributed by atoms with Gasteiger partial charge in [-0.05, 0) is 19.9 Å². The lowest BCUT2D eigenvalue weighted by Gasteiger charge is -2.27. The van der Waals surface area contributed by atoms with Gasteiger partial charge in [0.1, 0.15) is 11.4 Å². The molecule has 1 atom stereocenters. The zero-order valence-corrected chi connectivity index (χ0v) is 12.0. The summed E-state index contributed by atoms with van der Waals surface area (Å²) in [6.45, 7) is 4.28. The smallest absolute Gasteiger partial charge is 0.133 e. The van der Waals surface area contributed by atoms with E-state index in [1.807, 2.05) is 31.2 Å². The third-order valence-corrected chi connectivity index (χ3v) is 3.46. The van der Waals surface area contributed by atoms with Gasteiger partial charge in [0.05, 0.1) is 24.0 Å². The molecule has 5 heteroatoms. The summed E-state index contributed by atoms with van der Waals surface area (Å²) in [7, 11) is 1.58. The molecule has 0 bridgehead atoms. The average molecular weight is 281 g/mol. The van der Waals surface area contributed by atoms with E-state index in [9.17, 15) is 5.11 Å². The number of benzene rings is 1. The third kappa shape index (κ3) is 2.33. The van der Waals surface area contributed by atoms with Crippen molar-refractivity contribution in [3.63, 3.8) is 0 Å². The maximum Gasteiger partial charge on any atom is 0.133 e. The van der Waals surface area contributed by atoms with Crippen molar-refractivity contribution in [2.24, 2.45) is 0 Å². The van der Waals surface area contributed by atoms with Gasteiger partial charge in [-0.3, -0.25) is 4.68 Å². The Labute approximate surface area is 117 Å². The van der Waals surface area contributed by atoms with Crippen molar-refractivity contribution in [1.82, 2.24) is 9.78 Å². The zero-order valence-electron chi connectivity index (χ0n) is 11.2. The van der Waals surface area contributed by atoms with Crippen molar-refractivity contribution < 1.29 is 9.84 Å². The first-order chi connectivity index (χ1) is 9.02. The molecule has 1 N–H and O–H groups in total. The van der Waals surface area contributed by atoms with Crippen molar-refractivity contribution in [2.45, 2.75) is 26.0 Å². The van der Waals surface area contributed by atoms with Crippen LogP contribution in [0.1, 0.15) is 25.1 Å². The van der Waals surface area contributed by atoms with Gasteiger partial charge in [-0.2, -0.15) is 5.10 Å². The minimum absolute atomic E-state index is 0.442. The van der Waals surface area contributed by atoms with Crippen LogP contribution in [-0.2, 0) is 12.1 Å². The first-order valence-corrected chi connectivity index (χ1v) is 6.47. The number of aromatic nitrogens is 2. The molecular formula is C14H17ClN2O2. The van der Waals surface area contributed by atoms with Gasteiger partial charge in [0.15, 0.2) is 0 Å². The summed E-state index contributed by atoms with van der Waals surface area (Å²) < 4.78 is 7.00. The van der Waals surface area contributed by atoms with Gasteiger partial charge in [0, 0.05) is 12.1 Å². The monoisotopic (exact) mass is 280 g/mol. The van der Waals surface area contributed by atoms with Crippen LogP contribution in [0, 0.1) is 0 Å². The molecule has 0 fully saturated rings. The van der Waals surface area contributed by atoms with E-state index in [-0.39, 0.29) is 0 Å². The fraction of sp³-hybridized carbons (Fsp3) is 0.357. The lowest BCUT2D eigenvalue weighted by Crippen LogP contribution is -2.27. The molecule has 0 amide bonds. The highest BCUT2D eigenvalue weighted by Crippen LogP contribution is 2.38. The maximum absolute atomic E-state index is 10.9. The lowest BCUT2D eigenvalue weighted by atomic mass is 9.91. The van der Waals surface area contributed by atoms with Crippen molar-refractivity contribution in [2.75, 3.05) is 7.11 Å². The minimum Gasteiger partial charge on any atom is -0.496 e. The van der Waals surface area contributed by atoms with E-state index in [1.54, 1.807) is 24.9 Å². The highest BCUT2D eigenvalue weighted by atomic mass is 35.5. The Morgan fingerprint density at radius 1 is 1.42 bits per heavy atom. The van der Waals surface area contributed by atoms with E-state index in [2.05, 4.69) is 5.10 Å². The number of hydrogen-bond acceptors (Lipinski definition) is 3. The van der Waals surface area contributed by atoms with Gasteiger partial charge < -0.3 is 9.84 Å². The molecule has 0 aliphatic heterocycles. The van der Waals surface area contributed by atoms with Crippen molar-refractivity contribution >= 4 is 11.6 Å². The van der Waals surface area contributed by atoms with Gasteiger partial charge in [0.25, 0.3) is 0 Å². The second kappa shape index (κ2) is 5.23. The Bertz CT molecular complexity index is 579. The first kappa shape index (κ1) is 13.9. The number of halogens is 1. The summed E-state index contributed by atoms with van der Waals surface area (Å²) in [5.41, 5.74) is -0.0355. The molecule has 0 aliphatic rings. The van der Waals surface area contributed by atoms with Crippen LogP contribution in [0.2, 0.25) is 5.02 Å². The van der Waals surface area contributed by atoms with E-state index in [4.69, 9.17) is 16.3 Å². The number of nitrogens with zero attached hydrogens (tertiary/aromatic N) is 2. The number of para-hydroxylation sites is 1. The predicted molar refractivity (Wildman–Crippen MR) is 74.6 cm³/mol. The molecule has 102 valence electrons. The van der Waals surface area contributed by atoms with Crippen LogP contribution in [0.15, 0.2) is 30.5 Å². The molecule has 1 unspecified atom stereocenters. The number of ether oxygens (including phenoxy) is 1. The Morgan fingerprint density at radius 2 is 2.11 bits per heavy atom. The topological polar surface area (TPSA) is 47.3 Å². The van der Waals surface area contributed by atoms with Crippen molar-refractivity contribution in [1.29, 1.82) is 0 Å². The molecule has 2 rings (SSSR count). The molecule has 4 nitrogen and oxygen atoms in total. The van der Waals surface area contributed by atoms with Crippen LogP contribution >= 0.6 is 11.6 Å². The van der Waals surface area contributed by atoms with Crippen LogP contribution in [0.4, 0.5) is 0 Å². The second-order valence-corrected chi connectivity index (χ2v) is 4.84. The normalized spacial score (nSPS) is 14.2. The molecule has 0 aliphatic carbocycles. The predicted octanol–water partition coefficient (Wildman–Crippen LogP) is 2.82. The molecule has 1 heterocycles. The van der Waals surface area contributed by atoms with E-state index < -0.39 is 5.60 Å².